The Balaban J connectivity index is 2.05. The van der Waals surface area contributed by atoms with E-state index in [1.54, 1.807) is 7.11 Å². The number of nitrogens with zero attached hydrogens (tertiary/aromatic N) is 2. The summed E-state index contributed by atoms with van der Waals surface area (Å²) in [7, 11) is 3.81. The summed E-state index contributed by atoms with van der Waals surface area (Å²) in [6.07, 6.45) is 2.41. The zero-order valence-corrected chi connectivity index (χ0v) is 12.2. The van der Waals surface area contributed by atoms with Gasteiger partial charge in [0.05, 0.1) is 18.5 Å². The van der Waals surface area contributed by atoms with Crippen LogP contribution in [0, 0.1) is 0 Å². The molecule has 0 unspecified atom stereocenters. The van der Waals surface area contributed by atoms with Gasteiger partial charge in [0.25, 0.3) is 0 Å². The minimum Gasteiger partial charge on any atom is -0.497 e. The molecular weight excluding hydrogens is 238 g/mol. The Hall–Kier alpha value is -1.42. The molecule has 2 N–H and O–H groups in total. The predicted molar refractivity (Wildman–Crippen MR) is 80.9 cm³/mol. The molecule has 0 aliphatic carbocycles. The SMILES string of the molecule is CCN1CCC(N(C)c2ccc(OC)cc2N)CC1. The van der Waals surface area contributed by atoms with Crippen LogP contribution in [0.15, 0.2) is 18.2 Å². The third kappa shape index (κ3) is 3.13. The number of anilines is 2. The van der Waals surface area contributed by atoms with Crippen molar-refractivity contribution in [1.29, 1.82) is 0 Å². The van der Waals surface area contributed by atoms with Crippen LogP contribution in [0.2, 0.25) is 0 Å². The minimum absolute atomic E-state index is 0.582. The van der Waals surface area contributed by atoms with E-state index in [2.05, 4.69) is 29.8 Å². The second-order valence-electron chi connectivity index (χ2n) is 5.20. The van der Waals surface area contributed by atoms with Crippen LogP contribution in [0.1, 0.15) is 19.8 Å². The average molecular weight is 263 g/mol. The first-order valence-corrected chi connectivity index (χ1v) is 7.04. The van der Waals surface area contributed by atoms with E-state index in [9.17, 15) is 0 Å². The van der Waals surface area contributed by atoms with Gasteiger partial charge in [0, 0.05) is 32.2 Å². The highest BCUT2D eigenvalue weighted by Crippen LogP contribution is 2.30. The van der Waals surface area contributed by atoms with Crippen molar-refractivity contribution in [2.75, 3.05) is 44.4 Å². The van der Waals surface area contributed by atoms with E-state index in [-0.39, 0.29) is 0 Å². The fourth-order valence-electron chi connectivity index (χ4n) is 2.80. The number of piperidine rings is 1. The van der Waals surface area contributed by atoms with E-state index in [0.717, 1.165) is 23.7 Å². The molecule has 0 spiro atoms. The van der Waals surface area contributed by atoms with Gasteiger partial charge in [0.2, 0.25) is 0 Å². The summed E-state index contributed by atoms with van der Waals surface area (Å²) in [5, 5.41) is 0. The fourth-order valence-corrected chi connectivity index (χ4v) is 2.80. The molecule has 0 atom stereocenters. The standard InChI is InChI=1S/C15H25N3O/c1-4-18-9-7-12(8-10-18)17(2)15-6-5-13(19-3)11-14(15)16/h5-6,11-12H,4,7-10,16H2,1-3H3. The molecule has 2 rings (SSSR count). The van der Waals surface area contributed by atoms with Crippen LogP contribution in [0.25, 0.3) is 0 Å². The van der Waals surface area contributed by atoms with Crippen LogP contribution in [0.5, 0.6) is 5.75 Å². The van der Waals surface area contributed by atoms with Gasteiger partial charge < -0.3 is 20.3 Å². The Morgan fingerprint density at radius 2 is 2.05 bits per heavy atom. The van der Waals surface area contributed by atoms with Gasteiger partial charge in [-0.3, -0.25) is 0 Å². The van der Waals surface area contributed by atoms with Crippen molar-refractivity contribution < 1.29 is 4.74 Å². The minimum atomic E-state index is 0.582. The van der Waals surface area contributed by atoms with Gasteiger partial charge in [-0.25, -0.2) is 0 Å². The van der Waals surface area contributed by atoms with Crippen molar-refractivity contribution in [3.8, 4) is 5.75 Å². The van der Waals surface area contributed by atoms with Crippen LogP contribution in [-0.2, 0) is 0 Å². The van der Waals surface area contributed by atoms with E-state index >= 15 is 0 Å². The predicted octanol–water partition coefficient (Wildman–Crippen LogP) is 2.20. The lowest BCUT2D eigenvalue weighted by atomic mass is 10.0. The number of ether oxygens (including phenoxy) is 1. The molecule has 0 bridgehead atoms. The Labute approximate surface area is 116 Å². The monoisotopic (exact) mass is 263 g/mol. The van der Waals surface area contributed by atoms with Crippen molar-refractivity contribution in [2.45, 2.75) is 25.8 Å². The molecule has 19 heavy (non-hydrogen) atoms. The van der Waals surface area contributed by atoms with Gasteiger partial charge in [-0.05, 0) is 31.5 Å². The van der Waals surface area contributed by atoms with Crippen LogP contribution < -0.4 is 15.4 Å². The number of hydrogen-bond donors (Lipinski definition) is 1. The van der Waals surface area contributed by atoms with Crippen LogP contribution in [0.3, 0.4) is 0 Å². The zero-order valence-electron chi connectivity index (χ0n) is 12.2. The molecule has 106 valence electrons. The third-order valence-electron chi connectivity index (χ3n) is 4.17. The molecule has 1 saturated heterocycles. The van der Waals surface area contributed by atoms with E-state index in [0.29, 0.717) is 6.04 Å². The van der Waals surface area contributed by atoms with Crippen molar-refractivity contribution in [2.24, 2.45) is 0 Å². The lowest BCUT2D eigenvalue weighted by Crippen LogP contribution is -2.43. The second kappa shape index (κ2) is 6.15. The van der Waals surface area contributed by atoms with Gasteiger partial charge in [0.1, 0.15) is 5.75 Å². The Morgan fingerprint density at radius 3 is 2.58 bits per heavy atom. The molecule has 1 aliphatic rings. The highest BCUT2D eigenvalue weighted by molar-refractivity contribution is 5.69. The molecule has 4 nitrogen and oxygen atoms in total. The Morgan fingerprint density at radius 1 is 1.37 bits per heavy atom. The lowest BCUT2D eigenvalue weighted by Gasteiger charge is -2.37. The summed E-state index contributed by atoms with van der Waals surface area (Å²) in [6, 6.07) is 6.51. The number of nitrogen functional groups attached to an aromatic ring is 1. The molecule has 4 heteroatoms. The Kier molecular flexibility index (Phi) is 4.53. The maximum Gasteiger partial charge on any atom is 0.121 e. The molecule has 1 aromatic rings. The molecule has 0 saturated carbocycles. The second-order valence-corrected chi connectivity index (χ2v) is 5.20. The smallest absolute Gasteiger partial charge is 0.121 e. The van der Waals surface area contributed by atoms with E-state index in [4.69, 9.17) is 10.5 Å². The van der Waals surface area contributed by atoms with Crippen LogP contribution >= 0.6 is 0 Å². The molecule has 0 aromatic heterocycles. The summed E-state index contributed by atoms with van der Waals surface area (Å²) >= 11 is 0. The molecule has 1 aliphatic heterocycles. The lowest BCUT2D eigenvalue weighted by molar-refractivity contribution is 0.221. The zero-order chi connectivity index (χ0) is 13.8. The summed E-state index contributed by atoms with van der Waals surface area (Å²) in [5.74, 6) is 0.815. The topological polar surface area (TPSA) is 41.7 Å². The normalized spacial score (nSPS) is 17.4. The van der Waals surface area contributed by atoms with E-state index in [1.807, 2.05) is 12.1 Å². The van der Waals surface area contributed by atoms with Crippen molar-refractivity contribution in [3.63, 3.8) is 0 Å². The Bertz CT molecular complexity index is 414. The van der Waals surface area contributed by atoms with Crippen molar-refractivity contribution in [3.05, 3.63) is 18.2 Å². The largest absolute Gasteiger partial charge is 0.497 e. The molecule has 1 fully saturated rings. The molecule has 0 amide bonds. The molecule has 0 radical (unpaired) electrons. The maximum absolute atomic E-state index is 6.13. The highest BCUT2D eigenvalue weighted by atomic mass is 16.5. The number of hydrogen-bond acceptors (Lipinski definition) is 4. The summed E-state index contributed by atoms with van der Waals surface area (Å²) in [4.78, 5) is 4.82. The molecule has 1 aromatic carbocycles. The molecule has 1 heterocycles. The van der Waals surface area contributed by atoms with Gasteiger partial charge in [0.15, 0.2) is 0 Å². The van der Waals surface area contributed by atoms with Gasteiger partial charge in [-0.1, -0.05) is 6.92 Å². The van der Waals surface area contributed by atoms with Crippen LogP contribution in [-0.4, -0.2) is 44.7 Å². The van der Waals surface area contributed by atoms with Gasteiger partial charge in [-0.15, -0.1) is 0 Å². The first-order chi connectivity index (χ1) is 9.15. The quantitative estimate of drug-likeness (QED) is 0.846. The number of methoxy groups -OCH3 is 1. The maximum atomic E-state index is 6.13. The first kappa shape index (κ1) is 14.0. The summed E-state index contributed by atoms with van der Waals surface area (Å²) in [6.45, 7) is 5.75. The number of rotatable bonds is 4. The molecular formula is C15H25N3O. The number of likely N-dealkylation sites (tertiary alicyclic amines) is 1. The highest BCUT2D eigenvalue weighted by Gasteiger charge is 2.22. The first-order valence-electron chi connectivity index (χ1n) is 7.04. The third-order valence-corrected chi connectivity index (χ3v) is 4.17. The number of benzene rings is 1. The van der Waals surface area contributed by atoms with Crippen molar-refractivity contribution in [1.82, 2.24) is 4.90 Å². The van der Waals surface area contributed by atoms with Crippen LogP contribution in [0.4, 0.5) is 11.4 Å². The van der Waals surface area contributed by atoms with Gasteiger partial charge >= 0.3 is 0 Å². The number of nitrogens with two attached hydrogens (primary N) is 1. The average Bonchev–Trinajstić information content (AvgIpc) is 2.46. The van der Waals surface area contributed by atoms with Crippen molar-refractivity contribution >= 4 is 11.4 Å². The van der Waals surface area contributed by atoms with E-state index < -0.39 is 0 Å². The van der Waals surface area contributed by atoms with E-state index in [1.165, 1.54) is 25.9 Å². The summed E-state index contributed by atoms with van der Waals surface area (Å²) < 4.78 is 5.20. The summed E-state index contributed by atoms with van der Waals surface area (Å²) in [5.41, 5.74) is 8.02. The fraction of sp³-hybridized carbons (Fsp3) is 0.600. The van der Waals surface area contributed by atoms with Gasteiger partial charge in [-0.2, -0.15) is 0 Å².